The molecule has 22 heavy (non-hydrogen) atoms. The minimum absolute atomic E-state index is 0.324. The smallest absolute Gasteiger partial charge is 0.126 e. The lowest BCUT2D eigenvalue weighted by Crippen LogP contribution is -2.34. The van der Waals surface area contributed by atoms with Crippen molar-refractivity contribution < 1.29 is 9.84 Å². The summed E-state index contributed by atoms with van der Waals surface area (Å²) in [5, 5.41) is 12.8. The number of ether oxygens (including phenoxy) is 1. The molecule has 0 amide bonds. The molecule has 1 aliphatic rings. The number of benzene rings is 2. The van der Waals surface area contributed by atoms with Crippen LogP contribution < -0.4 is 10.5 Å². The molecule has 1 fully saturated rings. The Hall–Kier alpha value is -1.58. The molecular weight excluding hydrogens is 274 g/mol. The SMILES string of the molecule is COc1ccc([C@@H](N)[C@@H](O)C2CCCCC2)c2ccccc12. The van der Waals surface area contributed by atoms with Crippen molar-refractivity contribution in [3.05, 3.63) is 42.0 Å². The molecule has 2 atom stereocenters. The van der Waals surface area contributed by atoms with Gasteiger partial charge in [-0.1, -0.05) is 49.6 Å². The summed E-state index contributed by atoms with van der Waals surface area (Å²) in [6.45, 7) is 0. The molecule has 0 saturated heterocycles. The standard InChI is InChI=1S/C19H25NO2/c1-22-17-12-11-16(14-9-5-6-10-15(14)17)18(20)19(21)13-7-3-2-4-8-13/h5-6,9-13,18-19,21H,2-4,7-8,20H2,1H3/t18-,19+/m1/s1. The van der Waals surface area contributed by atoms with Gasteiger partial charge in [-0.3, -0.25) is 0 Å². The predicted molar refractivity (Wildman–Crippen MR) is 90.0 cm³/mol. The largest absolute Gasteiger partial charge is 0.496 e. The second-order valence-electron chi connectivity index (χ2n) is 6.32. The van der Waals surface area contributed by atoms with Crippen molar-refractivity contribution in [2.24, 2.45) is 11.7 Å². The van der Waals surface area contributed by atoms with E-state index in [2.05, 4.69) is 6.07 Å². The number of hydrogen-bond donors (Lipinski definition) is 2. The summed E-state index contributed by atoms with van der Waals surface area (Å²) < 4.78 is 5.44. The monoisotopic (exact) mass is 299 g/mol. The minimum atomic E-state index is -0.475. The van der Waals surface area contributed by atoms with Crippen LogP contribution in [-0.2, 0) is 0 Å². The Morgan fingerprint density at radius 3 is 2.41 bits per heavy atom. The fraction of sp³-hybridized carbons (Fsp3) is 0.474. The summed E-state index contributed by atoms with van der Waals surface area (Å²) in [6, 6.07) is 11.7. The summed E-state index contributed by atoms with van der Waals surface area (Å²) in [6.07, 6.45) is 5.39. The van der Waals surface area contributed by atoms with Crippen LogP contribution in [0.5, 0.6) is 5.75 Å². The fourth-order valence-electron chi connectivity index (χ4n) is 3.72. The maximum atomic E-state index is 10.7. The molecule has 0 spiro atoms. The molecule has 3 heteroatoms. The highest BCUT2D eigenvalue weighted by atomic mass is 16.5. The second-order valence-corrected chi connectivity index (χ2v) is 6.32. The lowest BCUT2D eigenvalue weighted by Gasteiger charge is -2.31. The summed E-state index contributed by atoms with van der Waals surface area (Å²) in [7, 11) is 1.68. The normalized spacial score (nSPS) is 19.0. The summed E-state index contributed by atoms with van der Waals surface area (Å²) in [4.78, 5) is 0. The first-order valence-corrected chi connectivity index (χ1v) is 8.21. The Morgan fingerprint density at radius 1 is 1.05 bits per heavy atom. The zero-order chi connectivity index (χ0) is 15.5. The topological polar surface area (TPSA) is 55.5 Å². The highest BCUT2D eigenvalue weighted by Gasteiger charge is 2.28. The van der Waals surface area contributed by atoms with E-state index < -0.39 is 6.10 Å². The van der Waals surface area contributed by atoms with Gasteiger partial charge in [0.15, 0.2) is 0 Å². The number of methoxy groups -OCH3 is 1. The van der Waals surface area contributed by atoms with E-state index in [4.69, 9.17) is 10.5 Å². The highest BCUT2D eigenvalue weighted by molar-refractivity contribution is 5.91. The number of rotatable bonds is 4. The van der Waals surface area contributed by atoms with Gasteiger partial charge in [0, 0.05) is 5.39 Å². The van der Waals surface area contributed by atoms with Crippen molar-refractivity contribution in [2.75, 3.05) is 7.11 Å². The van der Waals surface area contributed by atoms with Gasteiger partial charge >= 0.3 is 0 Å². The van der Waals surface area contributed by atoms with Gasteiger partial charge in [-0.25, -0.2) is 0 Å². The molecule has 2 aromatic carbocycles. The van der Waals surface area contributed by atoms with Crippen molar-refractivity contribution in [1.82, 2.24) is 0 Å². The zero-order valence-corrected chi connectivity index (χ0v) is 13.2. The van der Waals surface area contributed by atoms with Crippen molar-refractivity contribution in [3.63, 3.8) is 0 Å². The Balaban J connectivity index is 1.95. The molecule has 0 aliphatic heterocycles. The average Bonchev–Trinajstić information content (AvgIpc) is 2.60. The first-order valence-electron chi connectivity index (χ1n) is 8.21. The lowest BCUT2D eigenvalue weighted by atomic mass is 9.80. The van der Waals surface area contributed by atoms with Crippen LogP contribution in [0, 0.1) is 5.92 Å². The molecule has 0 heterocycles. The van der Waals surface area contributed by atoms with Gasteiger partial charge in [-0.05, 0) is 35.8 Å². The van der Waals surface area contributed by atoms with E-state index in [1.165, 1.54) is 19.3 Å². The molecule has 3 N–H and O–H groups in total. The van der Waals surface area contributed by atoms with Gasteiger partial charge in [0.25, 0.3) is 0 Å². The van der Waals surface area contributed by atoms with E-state index in [1.807, 2.05) is 30.3 Å². The van der Waals surface area contributed by atoms with Gasteiger partial charge in [0.05, 0.1) is 19.3 Å². The number of nitrogens with two attached hydrogens (primary N) is 1. The Kier molecular flexibility index (Phi) is 4.65. The predicted octanol–water partition coefficient (Wildman–Crippen LogP) is 3.79. The number of hydrogen-bond acceptors (Lipinski definition) is 3. The molecule has 3 nitrogen and oxygen atoms in total. The third-order valence-electron chi connectivity index (χ3n) is 5.00. The number of aliphatic hydroxyl groups excluding tert-OH is 1. The zero-order valence-electron chi connectivity index (χ0n) is 13.2. The lowest BCUT2D eigenvalue weighted by molar-refractivity contribution is 0.0622. The van der Waals surface area contributed by atoms with Crippen LogP contribution in [0.4, 0.5) is 0 Å². The van der Waals surface area contributed by atoms with Gasteiger partial charge < -0.3 is 15.6 Å². The minimum Gasteiger partial charge on any atom is -0.496 e. The Morgan fingerprint density at radius 2 is 1.73 bits per heavy atom. The van der Waals surface area contributed by atoms with Crippen LogP contribution >= 0.6 is 0 Å². The van der Waals surface area contributed by atoms with Crippen LogP contribution in [0.1, 0.15) is 43.7 Å². The van der Waals surface area contributed by atoms with E-state index in [0.717, 1.165) is 34.9 Å². The van der Waals surface area contributed by atoms with Gasteiger partial charge in [0.2, 0.25) is 0 Å². The van der Waals surface area contributed by atoms with Crippen LogP contribution in [0.25, 0.3) is 10.8 Å². The van der Waals surface area contributed by atoms with Crippen molar-refractivity contribution >= 4 is 10.8 Å². The first kappa shape index (κ1) is 15.3. The summed E-state index contributed by atoms with van der Waals surface area (Å²) in [5.74, 6) is 1.17. The summed E-state index contributed by atoms with van der Waals surface area (Å²) >= 11 is 0. The van der Waals surface area contributed by atoms with Crippen LogP contribution in [-0.4, -0.2) is 18.3 Å². The molecule has 0 aromatic heterocycles. The summed E-state index contributed by atoms with van der Waals surface area (Å²) in [5.41, 5.74) is 7.44. The highest BCUT2D eigenvalue weighted by Crippen LogP contribution is 2.36. The Bertz CT molecular complexity index is 634. The molecule has 1 aliphatic carbocycles. The van der Waals surface area contributed by atoms with Gasteiger partial charge in [-0.2, -0.15) is 0 Å². The molecule has 2 aromatic rings. The van der Waals surface area contributed by atoms with Crippen molar-refractivity contribution in [2.45, 2.75) is 44.2 Å². The molecule has 0 bridgehead atoms. The molecule has 118 valence electrons. The van der Waals surface area contributed by atoms with Crippen molar-refractivity contribution in [1.29, 1.82) is 0 Å². The molecule has 0 unspecified atom stereocenters. The van der Waals surface area contributed by atoms with Crippen LogP contribution in [0.3, 0.4) is 0 Å². The van der Waals surface area contributed by atoms with E-state index >= 15 is 0 Å². The maximum Gasteiger partial charge on any atom is 0.126 e. The van der Waals surface area contributed by atoms with Gasteiger partial charge in [-0.15, -0.1) is 0 Å². The van der Waals surface area contributed by atoms with Crippen molar-refractivity contribution in [3.8, 4) is 5.75 Å². The van der Waals surface area contributed by atoms with Crippen LogP contribution in [0.2, 0.25) is 0 Å². The third-order valence-corrected chi connectivity index (χ3v) is 5.00. The second kappa shape index (κ2) is 6.67. The van der Waals surface area contributed by atoms with E-state index in [0.29, 0.717) is 5.92 Å². The number of fused-ring (bicyclic) bond motifs is 1. The quantitative estimate of drug-likeness (QED) is 0.903. The first-order chi connectivity index (χ1) is 10.7. The Labute approximate surface area is 132 Å². The maximum absolute atomic E-state index is 10.7. The van der Waals surface area contributed by atoms with E-state index in [1.54, 1.807) is 7.11 Å². The fourth-order valence-corrected chi connectivity index (χ4v) is 3.72. The molecule has 0 radical (unpaired) electrons. The van der Waals surface area contributed by atoms with E-state index in [9.17, 15) is 5.11 Å². The number of aliphatic hydroxyl groups is 1. The average molecular weight is 299 g/mol. The van der Waals surface area contributed by atoms with Crippen LogP contribution in [0.15, 0.2) is 36.4 Å². The molecule has 3 rings (SSSR count). The van der Waals surface area contributed by atoms with Gasteiger partial charge in [0.1, 0.15) is 5.75 Å². The molecular formula is C19H25NO2. The third kappa shape index (κ3) is 2.83. The van der Waals surface area contributed by atoms with E-state index in [-0.39, 0.29) is 6.04 Å². The molecule has 1 saturated carbocycles.